The summed E-state index contributed by atoms with van der Waals surface area (Å²) in [4.78, 5) is 9.45. The van der Waals surface area contributed by atoms with E-state index in [-0.39, 0.29) is 6.61 Å². The van der Waals surface area contributed by atoms with Gasteiger partial charge in [0.1, 0.15) is 18.1 Å². The number of aryl methyl sites for hydroxylation is 4. The van der Waals surface area contributed by atoms with Gasteiger partial charge >= 0.3 is 0 Å². The van der Waals surface area contributed by atoms with Crippen molar-refractivity contribution in [1.82, 2.24) is 19.7 Å². The van der Waals surface area contributed by atoms with Crippen LogP contribution in [0.5, 0.6) is 17.4 Å². The van der Waals surface area contributed by atoms with Crippen molar-refractivity contribution < 1.29 is 18.6 Å². The molecule has 2 aromatic carbocycles. The first-order chi connectivity index (χ1) is 17.4. The van der Waals surface area contributed by atoms with E-state index < -0.39 is 0 Å². The molecule has 0 unspecified atom stereocenters. The van der Waals surface area contributed by atoms with Crippen LogP contribution < -0.4 is 14.2 Å². The molecule has 0 aliphatic heterocycles. The maximum absolute atomic E-state index is 6.09. The van der Waals surface area contributed by atoms with Crippen LogP contribution in [0.4, 0.5) is 0 Å². The Morgan fingerprint density at radius 2 is 1.61 bits per heavy atom. The van der Waals surface area contributed by atoms with Gasteiger partial charge in [0.05, 0.1) is 25.6 Å². The fourth-order valence-corrected chi connectivity index (χ4v) is 4.21. The van der Waals surface area contributed by atoms with Gasteiger partial charge in [0.15, 0.2) is 17.1 Å². The van der Waals surface area contributed by atoms with Crippen LogP contribution in [0, 0.1) is 27.7 Å². The molecule has 0 saturated carbocycles. The molecular formula is C28H28N4O4. The van der Waals surface area contributed by atoms with Gasteiger partial charge in [0, 0.05) is 17.0 Å². The topological polar surface area (TPSA) is 84.4 Å². The number of ether oxygens (including phenoxy) is 3. The van der Waals surface area contributed by atoms with Crippen molar-refractivity contribution in [3.63, 3.8) is 0 Å². The van der Waals surface area contributed by atoms with Crippen molar-refractivity contribution in [2.75, 3.05) is 14.2 Å². The largest absolute Gasteiger partial charge is 0.493 e. The molecule has 0 saturated heterocycles. The Labute approximate surface area is 209 Å². The summed E-state index contributed by atoms with van der Waals surface area (Å²) in [6, 6.07) is 15.7. The van der Waals surface area contributed by atoms with Gasteiger partial charge in [-0.15, -0.1) is 0 Å². The highest BCUT2D eigenvalue weighted by molar-refractivity contribution is 5.84. The lowest BCUT2D eigenvalue weighted by Gasteiger charge is -2.08. The van der Waals surface area contributed by atoms with Crippen LogP contribution in [0.3, 0.4) is 0 Å². The van der Waals surface area contributed by atoms with E-state index in [1.807, 2.05) is 61.9 Å². The number of hydrogen-bond donors (Lipinski definition) is 0. The summed E-state index contributed by atoms with van der Waals surface area (Å²) in [7, 11) is 3.20. The van der Waals surface area contributed by atoms with E-state index >= 15 is 0 Å². The van der Waals surface area contributed by atoms with Crippen molar-refractivity contribution in [2.24, 2.45) is 0 Å². The van der Waals surface area contributed by atoms with Crippen molar-refractivity contribution in [2.45, 2.75) is 34.3 Å². The lowest BCUT2D eigenvalue weighted by atomic mass is 10.1. The number of fused-ring (bicyclic) bond motifs is 1. The van der Waals surface area contributed by atoms with E-state index in [4.69, 9.17) is 28.7 Å². The molecule has 36 heavy (non-hydrogen) atoms. The van der Waals surface area contributed by atoms with E-state index in [1.165, 1.54) is 5.56 Å². The van der Waals surface area contributed by atoms with Gasteiger partial charge in [-0.2, -0.15) is 10.1 Å². The fourth-order valence-electron chi connectivity index (χ4n) is 4.21. The second kappa shape index (κ2) is 9.37. The molecule has 5 aromatic rings. The van der Waals surface area contributed by atoms with Crippen LogP contribution in [0.1, 0.15) is 28.3 Å². The number of aromatic nitrogens is 4. The Morgan fingerprint density at radius 3 is 2.33 bits per heavy atom. The molecule has 0 N–H and O–H groups in total. The molecule has 3 heterocycles. The van der Waals surface area contributed by atoms with Crippen LogP contribution >= 0.6 is 0 Å². The molecule has 8 heteroatoms. The van der Waals surface area contributed by atoms with Crippen molar-refractivity contribution in [3.05, 3.63) is 76.8 Å². The van der Waals surface area contributed by atoms with Crippen LogP contribution in [-0.2, 0) is 6.61 Å². The molecule has 0 fully saturated rings. The summed E-state index contributed by atoms with van der Waals surface area (Å²) in [5.74, 6) is 2.92. The molecule has 0 atom stereocenters. The number of hydrogen-bond acceptors (Lipinski definition) is 7. The number of oxazole rings is 1. The number of nitrogens with zero attached hydrogens (tertiary/aromatic N) is 4. The van der Waals surface area contributed by atoms with Crippen LogP contribution in [-0.4, -0.2) is 34.0 Å². The lowest BCUT2D eigenvalue weighted by Crippen LogP contribution is -2.02. The monoisotopic (exact) mass is 484 g/mol. The molecule has 184 valence electrons. The molecule has 0 radical (unpaired) electrons. The minimum absolute atomic E-state index is 0.220. The van der Waals surface area contributed by atoms with E-state index in [2.05, 4.69) is 24.0 Å². The maximum Gasteiger partial charge on any atom is 0.226 e. The van der Waals surface area contributed by atoms with Gasteiger partial charge < -0.3 is 18.6 Å². The average Bonchev–Trinajstić information content (AvgIpc) is 3.42. The maximum atomic E-state index is 6.09. The predicted octanol–water partition coefficient (Wildman–Crippen LogP) is 5.91. The lowest BCUT2D eigenvalue weighted by molar-refractivity contribution is 0.288. The molecular weight excluding hydrogens is 456 g/mol. The summed E-state index contributed by atoms with van der Waals surface area (Å²) in [5, 5.41) is 5.76. The van der Waals surface area contributed by atoms with Crippen molar-refractivity contribution >= 4 is 11.0 Å². The predicted molar refractivity (Wildman–Crippen MR) is 137 cm³/mol. The van der Waals surface area contributed by atoms with Gasteiger partial charge in [-0.3, -0.25) is 0 Å². The van der Waals surface area contributed by atoms with E-state index in [0.29, 0.717) is 34.7 Å². The molecule has 8 nitrogen and oxygen atoms in total. The average molecular weight is 485 g/mol. The highest BCUT2D eigenvalue weighted by atomic mass is 16.5. The molecule has 0 spiro atoms. The Kier molecular flexibility index (Phi) is 6.10. The number of methoxy groups -OCH3 is 2. The third-order valence-corrected chi connectivity index (χ3v) is 6.14. The molecule has 0 bridgehead atoms. The standard InChI is InChI=1S/C28H28N4O4/c1-16-7-10-21(11-8-16)32-27-26(18(3)31-32)17(2)13-25(30-27)35-15-22-19(4)36-28(29-22)20-9-12-23(33-5)24(14-20)34-6/h7-14H,15H2,1-6H3. The van der Waals surface area contributed by atoms with E-state index in [0.717, 1.165) is 33.5 Å². The molecule has 5 rings (SSSR count). The quantitative estimate of drug-likeness (QED) is 0.284. The Bertz CT molecular complexity index is 1550. The second-order valence-electron chi connectivity index (χ2n) is 8.69. The summed E-state index contributed by atoms with van der Waals surface area (Å²) in [6.07, 6.45) is 0. The SMILES string of the molecule is COc1ccc(-c2nc(COc3cc(C)c4c(C)nn(-c5ccc(C)cc5)c4n3)c(C)o2)cc1OC. The molecule has 0 aliphatic carbocycles. The minimum Gasteiger partial charge on any atom is -0.493 e. The van der Waals surface area contributed by atoms with Gasteiger partial charge in [0.2, 0.25) is 11.8 Å². The zero-order valence-electron chi connectivity index (χ0n) is 21.2. The normalized spacial score (nSPS) is 11.2. The molecule has 0 aliphatic rings. The second-order valence-corrected chi connectivity index (χ2v) is 8.69. The first-order valence-corrected chi connectivity index (χ1v) is 11.6. The van der Waals surface area contributed by atoms with Crippen LogP contribution in [0.15, 0.2) is 52.9 Å². The summed E-state index contributed by atoms with van der Waals surface area (Å²) < 4.78 is 24.6. The smallest absolute Gasteiger partial charge is 0.226 e. The zero-order valence-corrected chi connectivity index (χ0v) is 21.2. The number of pyridine rings is 1. The Hall–Kier alpha value is -4.33. The first kappa shape index (κ1) is 23.4. The third-order valence-electron chi connectivity index (χ3n) is 6.14. The van der Waals surface area contributed by atoms with Gasteiger partial charge in [-0.1, -0.05) is 17.7 Å². The van der Waals surface area contributed by atoms with Gasteiger partial charge in [-0.05, 0) is 63.6 Å². The summed E-state index contributed by atoms with van der Waals surface area (Å²) in [5.41, 5.74) is 6.36. The van der Waals surface area contributed by atoms with E-state index in [9.17, 15) is 0 Å². The highest BCUT2D eigenvalue weighted by Gasteiger charge is 2.17. The van der Waals surface area contributed by atoms with Crippen molar-refractivity contribution in [3.8, 4) is 34.5 Å². The van der Waals surface area contributed by atoms with Crippen molar-refractivity contribution in [1.29, 1.82) is 0 Å². The third kappa shape index (κ3) is 4.26. The van der Waals surface area contributed by atoms with Crippen LogP contribution in [0.25, 0.3) is 28.2 Å². The number of benzene rings is 2. The summed E-state index contributed by atoms with van der Waals surface area (Å²) >= 11 is 0. The van der Waals surface area contributed by atoms with Gasteiger partial charge in [0.25, 0.3) is 0 Å². The van der Waals surface area contributed by atoms with E-state index in [1.54, 1.807) is 14.2 Å². The Balaban J connectivity index is 1.43. The molecule has 0 amide bonds. The number of rotatable bonds is 7. The zero-order chi connectivity index (χ0) is 25.4. The molecule has 3 aromatic heterocycles. The van der Waals surface area contributed by atoms with Crippen LogP contribution in [0.2, 0.25) is 0 Å². The summed E-state index contributed by atoms with van der Waals surface area (Å²) in [6.45, 7) is 8.19. The van der Waals surface area contributed by atoms with Gasteiger partial charge in [-0.25, -0.2) is 9.67 Å². The fraction of sp³-hybridized carbons (Fsp3) is 0.250. The highest BCUT2D eigenvalue weighted by Crippen LogP contribution is 2.33. The minimum atomic E-state index is 0.220. The first-order valence-electron chi connectivity index (χ1n) is 11.6. The Morgan fingerprint density at radius 1 is 0.861 bits per heavy atom.